The Hall–Kier alpha value is -3.94. The molecule has 27 heavy (non-hydrogen) atoms. The largest absolute Gasteiger partial charge is 0.459 e. The van der Waals surface area contributed by atoms with Gasteiger partial charge in [0.2, 0.25) is 0 Å². The molecule has 2 amide bonds. The van der Waals surface area contributed by atoms with Crippen molar-refractivity contribution in [3.63, 3.8) is 0 Å². The van der Waals surface area contributed by atoms with Crippen LogP contribution >= 0.6 is 0 Å². The summed E-state index contributed by atoms with van der Waals surface area (Å²) in [5.74, 6) is -0.634. The van der Waals surface area contributed by atoms with Gasteiger partial charge in [-0.1, -0.05) is 6.07 Å². The van der Waals surface area contributed by atoms with Crippen LogP contribution in [-0.4, -0.2) is 16.7 Å². The summed E-state index contributed by atoms with van der Waals surface area (Å²) in [4.78, 5) is 34.8. The quantitative estimate of drug-likeness (QED) is 0.524. The normalized spacial score (nSPS) is 10.3. The van der Waals surface area contributed by atoms with Gasteiger partial charge in [0.1, 0.15) is 0 Å². The van der Waals surface area contributed by atoms with Gasteiger partial charge in [-0.3, -0.25) is 19.7 Å². The zero-order chi connectivity index (χ0) is 19.4. The molecule has 0 spiro atoms. The van der Waals surface area contributed by atoms with Crippen LogP contribution in [0.1, 0.15) is 26.5 Å². The van der Waals surface area contributed by atoms with Crippen LogP contribution in [0.2, 0.25) is 0 Å². The highest BCUT2D eigenvalue weighted by molar-refractivity contribution is 6.06. The highest BCUT2D eigenvalue weighted by Gasteiger charge is 2.16. The summed E-state index contributed by atoms with van der Waals surface area (Å²) in [5.41, 5.74) is 1.52. The van der Waals surface area contributed by atoms with Crippen molar-refractivity contribution in [2.75, 3.05) is 10.6 Å². The van der Waals surface area contributed by atoms with E-state index in [0.29, 0.717) is 22.5 Å². The Morgan fingerprint density at radius 1 is 0.963 bits per heavy atom. The van der Waals surface area contributed by atoms with Gasteiger partial charge in [0.25, 0.3) is 17.5 Å². The van der Waals surface area contributed by atoms with E-state index in [9.17, 15) is 19.7 Å². The van der Waals surface area contributed by atoms with Crippen molar-refractivity contribution in [3.8, 4) is 0 Å². The van der Waals surface area contributed by atoms with Gasteiger partial charge in [-0.05, 0) is 49.4 Å². The highest BCUT2D eigenvalue weighted by Crippen LogP contribution is 2.25. The number of benzene rings is 2. The van der Waals surface area contributed by atoms with Gasteiger partial charge in [0.05, 0.1) is 22.4 Å². The Morgan fingerprint density at radius 3 is 2.33 bits per heavy atom. The van der Waals surface area contributed by atoms with Crippen molar-refractivity contribution in [1.29, 1.82) is 0 Å². The van der Waals surface area contributed by atoms with Gasteiger partial charge in [-0.25, -0.2) is 0 Å². The molecule has 8 nitrogen and oxygen atoms in total. The Morgan fingerprint density at radius 2 is 1.70 bits per heavy atom. The second kappa shape index (κ2) is 7.52. The first-order valence-electron chi connectivity index (χ1n) is 7.96. The van der Waals surface area contributed by atoms with E-state index in [1.807, 2.05) is 0 Å². The first-order chi connectivity index (χ1) is 13.0. The molecule has 1 aromatic heterocycles. The lowest BCUT2D eigenvalue weighted by Crippen LogP contribution is -2.14. The molecule has 3 aromatic rings. The molecule has 0 saturated heterocycles. The van der Waals surface area contributed by atoms with Crippen LogP contribution in [0.5, 0.6) is 0 Å². The van der Waals surface area contributed by atoms with Crippen molar-refractivity contribution in [2.45, 2.75) is 6.92 Å². The maximum absolute atomic E-state index is 12.4. The molecule has 136 valence electrons. The lowest BCUT2D eigenvalue weighted by molar-refractivity contribution is -0.385. The number of nitrogens with zero attached hydrogens (tertiary/aromatic N) is 1. The summed E-state index contributed by atoms with van der Waals surface area (Å²) in [6.45, 7) is 1.57. The van der Waals surface area contributed by atoms with Gasteiger partial charge >= 0.3 is 0 Å². The zero-order valence-corrected chi connectivity index (χ0v) is 14.3. The monoisotopic (exact) mass is 365 g/mol. The molecular weight excluding hydrogens is 350 g/mol. The fourth-order valence-corrected chi connectivity index (χ4v) is 2.46. The molecule has 0 radical (unpaired) electrons. The van der Waals surface area contributed by atoms with Crippen LogP contribution in [0.25, 0.3) is 0 Å². The zero-order valence-electron chi connectivity index (χ0n) is 14.3. The number of hydrogen-bond acceptors (Lipinski definition) is 5. The maximum Gasteiger partial charge on any atom is 0.291 e. The number of nitrogens with one attached hydrogen (secondary N) is 2. The summed E-state index contributed by atoms with van der Waals surface area (Å²) in [6.07, 6.45) is 1.40. The summed E-state index contributed by atoms with van der Waals surface area (Å²) in [6, 6.07) is 13.9. The fourth-order valence-electron chi connectivity index (χ4n) is 2.46. The molecule has 0 aliphatic carbocycles. The predicted octanol–water partition coefficient (Wildman–Crippen LogP) is 4.00. The van der Waals surface area contributed by atoms with E-state index in [1.165, 1.54) is 18.4 Å². The van der Waals surface area contributed by atoms with E-state index in [4.69, 9.17) is 4.42 Å². The number of amides is 2. The number of anilines is 2. The lowest BCUT2D eigenvalue weighted by atomic mass is 10.1. The SMILES string of the molecule is Cc1c(NC(=O)c2ccc(NC(=O)c3ccco3)cc2)cccc1[N+](=O)[O-]. The first kappa shape index (κ1) is 17.9. The van der Waals surface area contributed by atoms with E-state index in [1.54, 1.807) is 49.4 Å². The average molecular weight is 365 g/mol. The third kappa shape index (κ3) is 4.01. The number of carbonyl (C=O) groups excluding carboxylic acids is 2. The standard InChI is InChI=1S/C19H15N3O5/c1-12-15(4-2-5-16(12)22(25)26)21-18(23)13-7-9-14(10-8-13)20-19(24)17-6-3-11-27-17/h2-11H,1H3,(H,20,24)(H,21,23). The molecule has 0 aliphatic rings. The van der Waals surface area contributed by atoms with Crippen molar-refractivity contribution >= 4 is 28.9 Å². The van der Waals surface area contributed by atoms with Crippen LogP contribution in [0.3, 0.4) is 0 Å². The molecule has 1 heterocycles. The molecule has 2 aromatic carbocycles. The minimum absolute atomic E-state index is 0.0659. The minimum Gasteiger partial charge on any atom is -0.459 e. The molecular formula is C19H15N3O5. The summed E-state index contributed by atoms with van der Waals surface area (Å²) < 4.78 is 5.01. The van der Waals surface area contributed by atoms with Crippen LogP contribution < -0.4 is 10.6 Å². The maximum atomic E-state index is 12.4. The van der Waals surface area contributed by atoms with Crippen molar-refractivity contribution in [2.24, 2.45) is 0 Å². The van der Waals surface area contributed by atoms with E-state index >= 15 is 0 Å². The van der Waals surface area contributed by atoms with Crippen LogP contribution in [0.15, 0.2) is 65.3 Å². The van der Waals surface area contributed by atoms with Gasteiger partial charge in [-0.15, -0.1) is 0 Å². The van der Waals surface area contributed by atoms with Crippen molar-refractivity contribution in [3.05, 3.63) is 87.9 Å². The Balaban J connectivity index is 1.70. The topological polar surface area (TPSA) is 114 Å². The van der Waals surface area contributed by atoms with E-state index in [0.717, 1.165) is 0 Å². The van der Waals surface area contributed by atoms with E-state index in [-0.39, 0.29) is 11.4 Å². The Labute approximate surface area is 154 Å². The lowest BCUT2D eigenvalue weighted by Gasteiger charge is -2.09. The smallest absolute Gasteiger partial charge is 0.291 e. The molecule has 0 aliphatic heterocycles. The molecule has 0 atom stereocenters. The number of hydrogen-bond donors (Lipinski definition) is 2. The minimum atomic E-state index is -0.499. The average Bonchev–Trinajstić information content (AvgIpc) is 3.18. The molecule has 2 N–H and O–H groups in total. The Kier molecular flexibility index (Phi) is 4.98. The molecule has 0 unspecified atom stereocenters. The fraction of sp³-hybridized carbons (Fsp3) is 0.0526. The first-order valence-corrected chi connectivity index (χ1v) is 7.96. The van der Waals surface area contributed by atoms with Crippen LogP contribution in [0, 0.1) is 17.0 Å². The van der Waals surface area contributed by atoms with Gasteiger partial charge < -0.3 is 15.1 Å². The highest BCUT2D eigenvalue weighted by atomic mass is 16.6. The van der Waals surface area contributed by atoms with Gasteiger partial charge in [0, 0.05) is 17.3 Å². The third-order valence-electron chi connectivity index (χ3n) is 3.90. The van der Waals surface area contributed by atoms with Crippen molar-refractivity contribution < 1.29 is 18.9 Å². The summed E-state index contributed by atoms with van der Waals surface area (Å²) >= 11 is 0. The molecule has 3 rings (SSSR count). The molecule has 8 heteroatoms. The van der Waals surface area contributed by atoms with Crippen LogP contribution in [0.4, 0.5) is 17.1 Å². The van der Waals surface area contributed by atoms with Gasteiger partial charge in [0.15, 0.2) is 5.76 Å². The second-order valence-electron chi connectivity index (χ2n) is 5.67. The number of nitro benzene ring substituents is 1. The third-order valence-corrected chi connectivity index (χ3v) is 3.90. The van der Waals surface area contributed by atoms with E-state index in [2.05, 4.69) is 10.6 Å². The molecule has 0 saturated carbocycles. The number of rotatable bonds is 5. The van der Waals surface area contributed by atoms with E-state index < -0.39 is 16.7 Å². The Bertz CT molecular complexity index is 995. The van der Waals surface area contributed by atoms with Crippen LogP contribution in [-0.2, 0) is 0 Å². The summed E-state index contributed by atoms with van der Waals surface area (Å²) in [7, 11) is 0. The number of furan rings is 1. The second-order valence-corrected chi connectivity index (χ2v) is 5.67. The van der Waals surface area contributed by atoms with Gasteiger partial charge in [-0.2, -0.15) is 0 Å². The molecule has 0 bridgehead atoms. The molecule has 0 fully saturated rings. The summed E-state index contributed by atoms with van der Waals surface area (Å²) in [5, 5.41) is 16.3. The number of carbonyl (C=O) groups is 2. The number of nitro groups is 1. The van der Waals surface area contributed by atoms with Crippen molar-refractivity contribution in [1.82, 2.24) is 0 Å². The predicted molar refractivity (Wildman–Crippen MR) is 98.9 cm³/mol.